The fraction of sp³-hybridized carbons (Fsp3) is 0.316. The molecule has 132 valence electrons. The topological polar surface area (TPSA) is 66.9 Å². The highest BCUT2D eigenvalue weighted by Gasteiger charge is 2.24. The predicted molar refractivity (Wildman–Crippen MR) is 105 cm³/mol. The second-order valence-electron chi connectivity index (χ2n) is 6.60. The number of hydrogen-bond acceptors (Lipinski definition) is 6. The molecule has 1 aromatic carbocycles. The first-order valence-electron chi connectivity index (χ1n) is 8.77. The molecule has 26 heavy (non-hydrogen) atoms. The van der Waals surface area contributed by atoms with Gasteiger partial charge in [0, 0.05) is 29.8 Å². The van der Waals surface area contributed by atoms with Gasteiger partial charge in [-0.15, -0.1) is 11.8 Å². The van der Waals surface area contributed by atoms with Crippen molar-refractivity contribution in [3.05, 3.63) is 35.7 Å². The molecule has 5 rings (SSSR count). The Bertz CT molecular complexity index is 1010. The van der Waals surface area contributed by atoms with Crippen LogP contribution in [-0.2, 0) is 4.74 Å². The van der Waals surface area contributed by atoms with Crippen molar-refractivity contribution >= 4 is 34.6 Å². The maximum Gasteiger partial charge on any atom is 0.162 e. The molecule has 0 saturated carbocycles. The fourth-order valence-corrected chi connectivity index (χ4v) is 4.44. The van der Waals surface area contributed by atoms with Crippen LogP contribution in [0.2, 0.25) is 0 Å². The number of nitrogens with zero attached hydrogens (tertiary/aromatic N) is 4. The Morgan fingerprint density at radius 1 is 1.19 bits per heavy atom. The minimum Gasteiger partial charge on any atom is -0.378 e. The summed E-state index contributed by atoms with van der Waals surface area (Å²) in [5.41, 5.74) is 4.36. The third kappa shape index (κ3) is 2.68. The highest BCUT2D eigenvalue weighted by atomic mass is 32.2. The lowest BCUT2D eigenvalue weighted by atomic mass is 10.1. The van der Waals surface area contributed by atoms with Gasteiger partial charge in [-0.3, -0.25) is 5.10 Å². The molecule has 4 heterocycles. The zero-order chi connectivity index (χ0) is 17.5. The van der Waals surface area contributed by atoms with Gasteiger partial charge in [0.1, 0.15) is 5.82 Å². The second-order valence-corrected chi connectivity index (χ2v) is 7.59. The van der Waals surface area contributed by atoms with E-state index in [2.05, 4.69) is 34.2 Å². The Labute approximate surface area is 155 Å². The molecule has 2 aliphatic heterocycles. The molecule has 0 aliphatic carbocycles. The monoisotopic (exact) mass is 365 g/mol. The van der Waals surface area contributed by atoms with Crippen LogP contribution in [0.5, 0.6) is 0 Å². The lowest BCUT2D eigenvalue weighted by Gasteiger charge is -2.30. The zero-order valence-electron chi connectivity index (χ0n) is 14.5. The van der Waals surface area contributed by atoms with E-state index in [1.807, 2.05) is 30.1 Å². The standard InChI is InChI=1S/C19H19N5OS/c1-12-9-16-17(26-11-12)19(24-5-7-25-8-6-24)22-18(21-16)13-3-2-4-15-14(13)10-20-23-15/h2-4,9-10H,5-8,11H2,1H3,(H,20,23). The van der Waals surface area contributed by atoms with Gasteiger partial charge in [-0.2, -0.15) is 5.10 Å². The minimum atomic E-state index is 0.741. The highest BCUT2D eigenvalue weighted by molar-refractivity contribution is 7.99. The number of morpholine rings is 1. The van der Waals surface area contributed by atoms with E-state index < -0.39 is 0 Å². The molecule has 1 saturated heterocycles. The van der Waals surface area contributed by atoms with Crippen molar-refractivity contribution in [3.8, 4) is 11.4 Å². The first-order chi connectivity index (χ1) is 12.8. The van der Waals surface area contributed by atoms with Crippen LogP contribution in [0.3, 0.4) is 0 Å². The minimum absolute atomic E-state index is 0.741. The lowest BCUT2D eigenvalue weighted by molar-refractivity contribution is 0.122. The molecule has 2 aromatic heterocycles. The Morgan fingerprint density at radius 2 is 2.08 bits per heavy atom. The van der Waals surface area contributed by atoms with E-state index in [0.717, 1.165) is 65.9 Å². The summed E-state index contributed by atoms with van der Waals surface area (Å²) < 4.78 is 5.53. The number of H-pyrrole nitrogens is 1. The molecule has 0 radical (unpaired) electrons. The average Bonchev–Trinajstić information content (AvgIpc) is 3.16. The van der Waals surface area contributed by atoms with Gasteiger partial charge in [-0.05, 0) is 19.1 Å². The van der Waals surface area contributed by atoms with Gasteiger partial charge < -0.3 is 9.64 Å². The van der Waals surface area contributed by atoms with Crippen molar-refractivity contribution in [1.82, 2.24) is 20.2 Å². The van der Waals surface area contributed by atoms with Crippen molar-refractivity contribution in [1.29, 1.82) is 0 Å². The number of anilines is 1. The molecule has 7 heteroatoms. The van der Waals surface area contributed by atoms with E-state index in [0.29, 0.717) is 0 Å². The Kier molecular flexibility index (Phi) is 3.90. The molecule has 6 nitrogen and oxygen atoms in total. The van der Waals surface area contributed by atoms with E-state index in [-0.39, 0.29) is 0 Å². The Morgan fingerprint density at radius 3 is 2.96 bits per heavy atom. The largest absolute Gasteiger partial charge is 0.378 e. The summed E-state index contributed by atoms with van der Waals surface area (Å²) in [6.45, 7) is 5.36. The van der Waals surface area contributed by atoms with Crippen LogP contribution in [-0.4, -0.2) is 52.2 Å². The van der Waals surface area contributed by atoms with E-state index in [4.69, 9.17) is 14.7 Å². The highest BCUT2D eigenvalue weighted by Crippen LogP contribution is 2.39. The number of benzene rings is 1. The summed E-state index contributed by atoms with van der Waals surface area (Å²) in [5.74, 6) is 2.77. The summed E-state index contributed by atoms with van der Waals surface area (Å²) >= 11 is 1.83. The average molecular weight is 365 g/mol. The summed E-state index contributed by atoms with van der Waals surface area (Å²) in [5, 5.41) is 8.25. The third-order valence-electron chi connectivity index (χ3n) is 4.74. The maximum atomic E-state index is 5.53. The fourth-order valence-electron chi connectivity index (χ4n) is 3.43. The number of ether oxygens (including phenoxy) is 1. The van der Waals surface area contributed by atoms with Crippen LogP contribution < -0.4 is 4.90 Å². The van der Waals surface area contributed by atoms with Crippen LogP contribution in [0.15, 0.2) is 34.9 Å². The number of hydrogen-bond donors (Lipinski definition) is 1. The van der Waals surface area contributed by atoms with Gasteiger partial charge in [0.2, 0.25) is 0 Å². The van der Waals surface area contributed by atoms with Crippen molar-refractivity contribution in [2.75, 3.05) is 37.0 Å². The molecule has 3 aromatic rings. The van der Waals surface area contributed by atoms with Gasteiger partial charge in [0.05, 0.1) is 35.5 Å². The molecule has 0 atom stereocenters. The molecule has 0 amide bonds. The van der Waals surface area contributed by atoms with Gasteiger partial charge in [0.25, 0.3) is 0 Å². The number of aromatic nitrogens is 4. The van der Waals surface area contributed by atoms with E-state index >= 15 is 0 Å². The van der Waals surface area contributed by atoms with Gasteiger partial charge in [0.15, 0.2) is 5.82 Å². The molecular formula is C19H19N5OS. The predicted octanol–water partition coefficient (Wildman–Crippen LogP) is 3.37. The number of rotatable bonds is 2. The number of aromatic amines is 1. The third-order valence-corrected chi connectivity index (χ3v) is 6.02. The van der Waals surface area contributed by atoms with Crippen LogP contribution in [0.25, 0.3) is 28.4 Å². The van der Waals surface area contributed by atoms with Gasteiger partial charge >= 0.3 is 0 Å². The summed E-state index contributed by atoms with van der Waals surface area (Å²) in [6, 6.07) is 6.10. The van der Waals surface area contributed by atoms with E-state index in [1.165, 1.54) is 10.5 Å². The Balaban J connectivity index is 1.71. The smallest absolute Gasteiger partial charge is 0.162 e. The summed E-state index contributed by atoms with van der Waals surface area (Å²) in [6.07, 6.45) is 4.04. The Hall–Kier alpha value is -2.38. The molecule has 1 fully saturated rings. The first-order valence-corrected chi connectivity index (χ1v) is 9.75. The zero-order valence-corrected chi connectivity index (χ0v) is 15.3. The van der Waals surface area contributed by atoms with E-state index in [1.54, 1.807) is 0 Å². The van der Waals surface area contributed by atoms with Crippen molar-refractivity contribution in [2.24, 2.45) is 0 Å². The summed E-state index contributed by atoms with van der Waals surface area (Å²) in [4.78, 5) is 13.4. The SMILES string of the molecule is CC1=Cc2nc(-c3cccc4[nH]ncc34)nc(N3CCOCC3)c2SC1. The number of nitrogens with one attached hydrogen (secondary N) is 1. The molecular weight excluding hydrogens is 346 g/mol. The molecule has 0 spiro atoms. The summed E-state index contributed by atoms with van der Waals surface area (Å²) in [7, 11) is 0. The van der Waals surface area contributed by atoms with Crippen LogP contribution in [0.1, 0.15) is 12.6 Å². The van der Waals surface area contributed by atoms with E-state index in [9.17, 15) is 0 Å². The number of fused-ring (bicyclic) bond motifs is 2. The van der Waals surface area contributed by atoms with Crippen molar-refractivity contribution in [3.63, 3.8) is 0 Å². The molecule has 2 aliphatic rings. The van der Waals surface area contributed by atoms with Gasteiger partial charge in [-0.1, -0.05) is 17.7 Å². The normalized spacial score (nSPS) is 17.3. The quantitative estimate of drug-likeness (QED) is 0.751. The molecule has 1 N–H and O–H groups in total. The molecule has 0 bridgehead atoms. The van der Waals surface area contributed by atoms with Crippen LogP contribution in [0, 0.1) is 0 Å². The molecule has 0 unspecified atom stereocenters. The van der Waals surface area contributed by atoms with Crippen LogP contribution in [0.4, 0.5) is 5.82 Å². The van der Waals surface area contributed by atoms with Crippen LogP contribution >= 0.6 is 11.8 Å². The lowest BCUT2D eigenvalue weighted by Crippen LogP contribution is -2.37. The second kappa shape index (κ2) is 6.41. The number of thioether (sulfide) groups is 1. The van der Waals surface area contributed by atoms with Crippen molar-refractivity contribution in [2.45, 2.75) is 11.8 Å². The van der Waals surface area contributed by atoms with Gasteiger partial charge in [-0.25, -0.2) is 9.97 Å². The first kappa shape index (κ1) is 15.8. The maximum absolute atomic E-state index is 5.53. The van der Waals surface area contributed by atoms with Crippen molar-refractivity contribution < 1.29 is 4.74 Å².